The van der Waals surface area contributed by atoms with Gasteiger partial charge in [-0.2, -0.15) is 13.2 Å². The normalized spacial score (nSPS) is 11.1. The van der Waals surface area contributed by atoms with Gasteiger partial charge in [0.2, 0.25) is 0 Å². The summed E-state index contributed by atoms with van der Waals surface area (Å²) in [5.74, 6) is -2.46. The molecule has 0 atom stereocenters. The topological polar surface area (TPSA) is 67.4 Å². The second-order valence-corrected chi connectivity index (χ2v) is 5.85. The monoisotopic (exact) mass is 388 g/mol. The lowest BCUT2D eigenvalue weighted by atomic mass is 10.0. The van der Waals surface area contributed by atoms with E-state index in [9.17, 15) is 22.8 Å². The van der Waals surface area contributed by atoms with Crippen LogP contribution >= 0.6 is 0 Å². The van der Waals surface area contributed by atoms with E-state index in [0.29, 0.717) is 22.2 Å². The molecular formula is C20H15F3N2O3. The number of nitrogens with one attached hydrogen (secondary N) is 2. The van der Waals surface area contributed by atoms with E-state index in [1.165, 1.54) is 19.2 Å². The van der Waals surface area contributed by atoms with Gasteiger partial charge in [0.1, 0.15) is 5.75 Å². The van der Waals surface area contributed by atoms with Gasteiger partial charge in [0, 0.05) is 0 Å². The van der Waals surface area contributed by atoms with E-state index in [-0.39, 0.29) is 11.3 Å². The zero-order valence-corrected chi connectivity index (χ0v) is 14.6. The number of rotatable bonds is 4. The molecule has 3 aromatic carbocycles. The van der Waals surface area contributed by atoms with Gasteiger partial charge in [0.15, 0.2) is 0 Å². The number of methoxy groups -OCH3 is 1. The van der Waals surface area contributed by atoms with Crippen LogP contribution in [0.5, 0.6) is 5.75 Å². The largest absolute Gasteiger partial charge is 0.495 e. The van der Waals surface area contributed by atoms with Gasteiger partial charge in [-0.15, -0.1) is 0 Å². The summed E-state index contributed by atoms with van der Waals surface area (Å²) in [6, 6.07) is 16.2. The molecule has 5 nitrogen and oxygen atoms in total. The Morgan fingerprint density at radius 2 is 1.46 bits per heavy atom. The first-order valence-corrected chi connectivity index (χ1v) is 8.15. The highest BCUT2D eigenvalue weighted by molar-refractivity contribution is 6.13. The van der Waals surface area contributed by atoms with Crippen LogP contribution in [0.1, 0.15) is 10.4 Å². The number of amides is 2. The van der Waals surface area contributed by atoms with E-state index in [0.717, 1.165) is 0 Å². The minimum absolute atomic E-state index is 0.109. The summed E-state index contributed by atoms with van der Waals surface area (Å²) in [5.41, 5.74) is -0.00751. The summed E-state index contributed by atoms with van der Waals surface area (Å²) in [5, 5.41) is 5.59. The van der Waals surface area contributed by atoms with Crippen LogP contribution in [0, 0.1) is 0 Å². The highest BCUT2D eigenvalue weighted by atomic mass is 19.4. The number of fused-ring (bicyclic) bond motifs is 1. The molecule has 0 spiro atoms. The van der Waals surface area contributed by atoms with Gasteiger partial charge in [-0.05, 0) is 35.0 Å². The second kappa shape index (κ2) is 7.59. The van der Waals surface area contributed by atoms with Crippen molar-refractivity contribution >= 4 is 34.0 Å². The summed E-state index contributed by atoms with van der Waals surface area (Å²) in [4.78, 5) is 24.2. The molecule has 3 rings (SSSR count). The first kappa shape index (κ1) is 19.2. The van der Waals surface area contributed by atoms with Crippen molar-refractivity contribution in [2.45, 2.75) is 6.18 Å². The molecule has 0 aromatic heterocycles. The quantitative estimate of drug-likeness (QED) is 0.686. The average Bonchev–Trinajstić information content (AvgIpc) is 2.67. The number of anilines is 2. The zero-order chi connectivity index (χ0) is 20.3. The number of hydrogen-bond donors (Lipinski definition) is 2. The molecule has 0 aliphatic heterocycles. The summed E-state index contributed by atoms with van der Waals surface area (Å²) in [6.45, 7) is 0. The van der Waals surface area contributed by atoms with Crippen LogP contribution in [-0.2, 0) is 4.79 Å². The lowest BCUT2D eigenvalue weighted by molar-refractivity contribution is -0.167. The second-order valence-electron chi connectivity index (χ2n) is 5.85. The van der Waals surface area contributed by atoms with Crippen LogP contribution in [0.4, 0.5) is 24.5 Å². The number of benzene rings is 3. The highest BCUT2D eigenvalue weighted by Crippen LogP contribution is 2.29. The van der Waals surface area contributed by atoms with Gasteiger partial charge in [-0.25, -0.2) is 0 Å². The van der Waals surface area contributed by atoms with E-state index in [1.54, 1.807) is 53.8 Å². The van der Waals surface area contributed by atoms with E-state index in [2.05, 4.69) is 5.32 Å². The molecule has 2 amide bonds. The van der Waals surface area contributed by atoms with Crippen molar-refractivity contribution in [1.82, 2.24) is 0 Å². The van der Waals surface area contributed by atoms with Crippen molar-refractivity contribution in [3.63, 3.8) is 0 Å². The maximum atomic E-state index is 12.8. The number of carbonyl (C=O) groups excluding carboxylic acids is 2. The standard InChI is InChI=1S/C20H15F3N2O3/c1-28-17-9-5-4-8-15(17)24-18(26)14-10-12-6-2-3-7-13(12)11-16(14)25-19(27)20(21,22)23/h2-11H,1H3,(H,24,26)(H,25,27). The minimum atomic E-state index is -5.08. The highest BCUT2D eigenvalue weighted by Gasteiger charge is 2.39. The molecule has 28 heavy (non-hydrogen) atoms. The first-order chi connectivity index (χ1) is 13.3. The van der Waals surface area contributed by atoms with Crippen molar-refractivity contribution < 1.29 is 27.5 Å². The first-order valence-electron chi connectivity index (χ1n) is 8.15. The molecule has 0 heterocycles. The Bertz CT molecular complexity index is 1050. The fourth-order valence-corrected chi connectivity index (χ4v) is 2.66. The number of ether oxygens (including phenoxy) is 1. The van der Waals surface area contributed by atoms with Crippen molar-refractivity contribution in [1.29, 1.82) is 0 Å². The third-order valence-electron chi connectivity index (χ3n) is 3.99. The molecular weight excluding hydrogens is 373 g/mol. The SMILES string of the molecule is COc1ccccc1NC(=O)c1cc2ccccc2cc1NC(=O)C(F)(F)F. The van der Waals surface area contributed by atoms with Gasteiger partial charge in [-0.3, -0.25) is 9.59 Å². The Morgan fingerprint density at radius 1 is 0.857 bits per heavy atom. The zero-order valence-electron chi connectivity index (χ0n) is 14.6. The van der Waals surface area contributed by atoms with Crippen LogP contribution in [0.25, 0.3) is 10.8 Å². The molecule has 0 unspecified atom stereocenters. The van der Waals surface area contributed by atoms with Gasteiger partial charge < -0.3 is 15.4 Å². The Balaban J connectivity index is 2.03. The van der Waals surface area contributed by atoms with Crippen LogP contribution in [-0.4, -0.2) is 25.1 Å². The van der Waals surface area contributed by atoms with Crippen molar-refractivity contribution in [2.24, 2.45) is 0 Å². The van der Waals surface area contributed by atoms with E-state index in [1.807, 2.05) is 0 Å². The Labute approximate surface area is 158 Å². The number of para-hydroxylation sites is 2. The fraction of sp³-hybridized carbons (Fsp3) is 0.100. The number of hydrogen-bond acceptors (Lipinski definition) is 3. The summed E-state index contributed by atoms with van der Waals surface area (Å²) >= 11 is 0. The van der Waals surface area contributed by atoms with Crippen molar-refractivity contribution in [3.05, 3.63) is 66.2 Å². The van der Waals surface area contributed by atoms with Crippen LogP contribution < -0.4 is 15.4 Å². The maximum absolute atomic E-state index is 12.8. The molecule has 8 heteroatoms. The summed E-state index contributed by atoms with van der Waals surface area (Å²) < 4.78 is 43.3. The van der Waals surface area contributed by atoms with E-state index < -0.39 is 18.0 Å². The molecule has 0 bridgehead atoms. The van der Waals surface area contributed by atoms with Crippen molar-refractivity contribution in [3.8, 4) is 5.75 Å². The molecule has 144 valence electrons. The van der Waals surface area contributed by atoms with Crippen LogP contribution in [0.15, 0.2) is 60.7 Å². The third kappa shape index (κ3) is 4.06. The smallest absolute Gasteiger partial charge is 0.471 e. The molecule has 0 saturated carbocycles. The van der Waals surface area contributed by atoms with Crippen LogP contribution in [0.2, 0.25) is 0 Å². The van der Waals surface area contributed by atoms with Gasteiger partial charge >= 0.3 is 12.1 Å². The third-order valence-corrected chi connectivity index (χ3v) is 3.99. The van der Waals surface area contributed by atoms with Gasteiger partial charge in [-0.1, -0.05) is 36.4 Å². The molecule has 0 saturated heterocycles. The van der Waals surface area contributed by atoms with E-state index >= 15 is 0 Å². The molecule has 0 aliphatic carbocycles. The molecule has 0 aliphatic rings. The Hall–Kier alpha value is -3.55. The lowest BCUT2D eigenvalue weighted by Crippen LogP contribution is -2.31. The van der Waals surface area contributed by atoms with Gasteiger partial charge in [0.25, 0.3) is 5.91 Å². The minimum Gasteiger partial charge on any atom is -0.495 e. The van der Waals surface area contributed by atoms with Crippen molar-refractivity contribution in [2.75, 3.05) is 17.7 Å². The summed E-state index contributed by atoms with van der Waals surface area (Å²) in [6.07, 6.45) is -5.08. The van der Waals surface area contributed by atoms with E-state index in [4.69, 9.17) is 4.74 Å². The molecule has 3 aromatic rings. The lowest BCUT2D eigenvalue weighted by Gasteiger charge is -2.15. The number of carbonyl (C=O) groups is 2. The number of alkyl halides is 3. The summed E-state index contributed by atoms with van der Waals surface area (Å²) in [7, 11) is 1.43. The average molecular weight is 388 g/mol. The molecule has 0 fully saturated rings. The predicted octanol–water partition coefficient (Wildman–Crippen LogP) is 4.60. The Morgan fingerprint density at radius 3 is 2.11 bits per heavy atom. The number of halogens is 3. The Kier molecular flexibility index (Phi) is 5.21. The fourth-order valence-electron chi connectivity index (χ4n) is 2.66. The maximum Gasteiger partial charge on any atom is 0.471 e. The van der Waals surface area contributed by atoms with Gasteiger partial charge in [0.05, 0.1) is 24.0 Å². The molecule has 2 N–H and O–H groups in total. The van der Waals surface area contributed by atoms with Crippen LogP contribution in [0.3, 0.4) is 0 Å². The molecule has 0 radical (unpaired) electrons. The predicted molar refractivity (Wildman–Crippen MR) is 99.6 cm³/mol.